The van der Waals surface area contributed by atoms with Gasteiger partial charge in [-0.25, -0.2) is 0 Å². The molecule has 0 spiro atoms. The van der Waals surface area contributed by atoms with Gasteiger partial charge in [0.2, 0.25) is 0 Å². The molecule has 4 aliphatic rings. The Balaban J connectivity index is 0.00000181. The monoisotopic (exact) mass is 408 g/mol. The summed E-state index contributed by atoms with van der Waals surface area (Å²) in [6.07, 6.45) is 11.0. The van der Waals surface area contributed by atoms with Crippen LogP contribution < -0.4 is 4.90 Å². The average Bonchev–Trinajstić information content (AvgIpc) is 2.97. The summed E-state index contributed by atoms with van der Waals surface area (Å²) < 4.78 is 0. The summed E-state index contributed by atoms with van der Waals surface area (Å²) >= 11 is 0. The zero-order valence-corrected chi connectivity index (χ0v) is 18.2. The number of para-hydroxylation sites is 2. The molecule has 0 aromatic heterocycles. The van der Waals surface area contributed by atoms with Crippen molar-refractivity contribution < 1.29 is 0 Å². The van der Waals surface area contributed by atoms with E-state index in [0.717, 1.165) is 5.92 Å². The molecule has 2 atom stereocenters. The highest BCUT2D eigenvalue weighted by molar-refractivity contribution is 5.85. The smallest absolute Gasteiger partial charge is 0.0483 e. The fourth-order valence-electron chi connectivity index (χ4n) is 6.62. The Bertz CT molecular complexity index is 873. The molecule has 2 unspecified atom stereocenters. The van der Waals surface area contributed by atoms with Gasteiger partial charge in [0.25, 0.3) is 0 Å². The van der Waals surface area contributed by atoms with Crippen LogP contribution >= 0.6 is 12.4 Å². The van der Waals surface area contributed by atoms with Crippen molar-refractivity contribution in [1.82, 2.24) is 4.90 Å². The number of aryl methyl sites for hydroxylation is 2. The van der Waals surface area contributed by atoms with Gasteiger partial charge in [0.1, 0.15) is 0 Å². The summed E-state index contributed by atoms with van der Waals surface area (Å²) in [4.78, 5) is 5.57. The van der Waals surface area contributed by atoms with Gasteiger partial charge in [-0.2, -0.15) is 0 Å². The van der Waals surface area contributed by atoms with Crippen molar-refractivity contribution in [3.05, 3.63) is 59.2 Å². The van der Waals surface area contributed by atoms with Crippen molar-refractivity contribution in [2.75, 3.05) is 24.5 Å². The second-order valence-electron chi connectivity index (χ2n) is 9.58. The number of piperidine rings is 1. The molecule has 3 aliphatic heterocycles. The minimum atomic E-state index is 0. The number of hydrogen-bond donors (Lipinski definition) is 0. The van der Waals surface area contributed by atoms with E-state index in [-0.39, 0.29) is 12.4 Å². The predicted octanol–water partition coefficient (Wildman–Crippen LogP) is 6.10. The lowest BCUT2D eigenvalue weighted by Gasteiger charge is -2.41. The topological polar surface area (TPSA) is 6.48 Å². The second-order valence-corrected chi connectivity index (χ2v) is 9.58. The molecule has 2 aromatic carbocycles. The van der Waals surface area contributed by atoms with Gasteiger partial charge in [-0.1, -0.05) is 55.7 Å². The fraction of sp³-hybridized carbons (Fsp3) is 0.538. The largest absolute Gasteiger partial charge is 0.337 e. The van der Waals surface area contributed by atoms with Crippen LogP contribution in [0.3, 0.4) is 0 Å². The van der Waals surface area contributed by atoms with Crippen LogP contribution in [0.4, 0.5) is 11.4 Å². The average molecular weight is 409 g/mol. The first-order valence-corrected chi connectivity index (χ1v) is 11.6. The quantitative estimate of drug-likeness (QED) is 0.592. The van der Waals surface area contributed by atoms with Crippen molar-refractivity contribution in [2.24, 2.45) is 5.92 Å². The maximum absolute atomic E-state index is 2.81. The Morgan fingerprint density at radius 2 is 1.62 bits per heavy atom. The van der Waals surface area contributed by atoms with E-state index in [4.69, 9.17) is 0 Å². The number of hydrogen-bond acceptors (Lipinski definition) is 2. The molecule has 29 heavy (non-hydrogen) atoms. The summed E-state index contributed by atoms with van der Waals surface area (Å²) in [5.41, 5.74) is 7.80. The highest BCUT2D eigenvalue weighted by Crippen LogP contribution is 2.52. The van der Waals surface area contributed by atoms with E-state index >= 15 is 0 Å². The van der Waals surface area contributed by atoms with Crippen LogP contribution in [0.1, 0.15) is 61.1 Å². The number of likely N-dealkylation sites (tertiary alicyclic amines) is 1. The third-order valence-electron chi connectivity index (χ3n) is 7.94. The normalized spacial score (nSPS) is 26.1. The van der Waals surface area contributed by atoms with Crippen LogP contribution in [0.25, 0.3) is 0 Å². The number of fused-ring (bicyclic) bond motifs is 5. The van der Waals surface area contributed by atoms with Crippen molar-refractivity contribution in [3.8, 4) is 0 Å². The highest BCUT2D eigenvalue weighted by atomic mass is 35.5. The molecular formula is C26H33ClN2. The van der Waals surface area contributed by atoms with E-state index in [9.17, 15) is 0 Å². The fourth-order valence-corrected chi connectivity index (χ4v) is 6.62. The molecule has 3 heterocycles. The molecule has 0 radical (unpaired) electrons. The summed E-state index contributed by atoms with van der Waals surface area (Å²) in [7, 11) is 0. The first-order valence-electron chi connectivity index (χ1n) is 11.6. The Hall–Kier alpha value is -1.51. The number of anilines is 2. The molecule has 1 aliphatic carbocycles. The maximum atomic E-state index is 2.81. The molecular weight excluding hydrogens is 376 g/mol. The van der Waals surface area contributed by atoms with Crippen LogP contribution in [-0.4, -0.2) is 30.6 Å². The summed E-state index contributed by atoms with van der Waals surface area (Å²) in [5.74, 6) is 1.63. The first-order chi connectivity index (χ1) is 13.9. The Morgan fingerprint density at radius 1 is 0.828 bits per heavy atom. The molecule has 3 heteroatoms. The van der Waals surface area contributed by atoms with Gasteiger partial charge in [0.15, 0.2) is 0 Å². The predicted molar refractivity (Wildman–Crippen MR) is 124 cm³/mol. The molecule has 6 rings (SSSR count). The van der Waals surface area contributed by atoms with Crippen molar-refractivity contribution in [3.63, 3.8) is 0 Å². The van der Waals surface area contributed by atoms with Crippen molar-refractivity contribution in [1.29, 1.82) is 0 Å². The molecule has 0 N–H and O–H groups in total. The van der Waals surface area contributed by atoms with Gasteiger partial charge in [0, 0.05) is 43.0 Å². The Morgan fingerprint density at radius 3 is 2.52 bits per heavy atom. The molecule has 0 amide bonds. The van der Waals surface area contributed by atoms with Crippen molar-refractivity contribution >= 4 is 23.8 Å². The van der Waals surface area contributed by atoms with E-state index in [2.05, 4.69) is 52.3 Å². The summed E-state index contributed by atoms with van der Waals surface area (Å²) in [5, 5.41) is 0. The number of rotatable bonds is 2. The van der Waals surface area contributed by atoms with Gasteiger partial charge in [-0.05, 0) is 60.8 Å². The van der Waals surface area contributed by atoms with Crippen LogP contribution in [0.2, 0.25) is 0 Å². The minimum Gasteiger partial charge on any atom is -0.337 e. The zero-order valence-electron chi connectivity index (χ0n) is 17.4. The SMILES string of the molecule is Cl.c1ccc2c(c1)CCc1cccc3c1N2C1CCN(CC2CCCCC2)CC31. The molecule has 154 valence electrons. The van der Waals surface area contributed by atoms with Crippen molar-refractivity contribution in [2.45, 2.75) is 63.3 Å². The van der Waals surface area contributed by atoms with E-state index < -0.39 is 0 Å². The van der Waals surface area contributed by atoms with Crippen LogP contribution in [0.15, 0.2) is 42.5 Å². The Labute approximate surface area is 181 Å². The van der Waals surface area contributed by atoms with E-state index in [1.54, 1.807) is 16.8 Å². The molecule has 2 fully saturated rings. The molecule has 1 saturated heterocycles. The first kappa shape index (κ1) is 19.5. The van der Waals surface area contributed by atoms with Crippen LogP contribution in [0.5, 0.6) is 0 Å². The second kappa shape index (κ2) is 7.96. The van der Waals surface area contributed by atoms with E-state index in [1.807, 2.05) is 0 Å². The zero-order chi connectivity index (χ0) is 18.5. The number of halogens is 1. The third-order valence-corrected chi connectivity index (χ3v) is 7.94. The Kier molecular flexibility index (Phi) is 5.34. The lowest BCUT2D eigenvalue weighted by atomic mass is 9.85. The summed E-state index contributed by atoms with van der Waals surface area (Å²) in [6.45, 7) is 3.88. The standard InChI is InChI=1S/C26H32N2.ClH/c1-2-7-19(8-3-1)17-27-16-15-25-23(18-27)22-11-6-10-21-14-13-20-9-4-5-12-24(20)28(25)26(21)22;/h4-6,9-12,19,23,25H,1-3,7-8,13-18H2;1H. The van der Waals surface area contributed by atoms with Crippen LogP contribution in [-0.2, 0) is 12.8 Å². The van der Waals surface area contributed by atoms with Gasteiger partial charge >= 0.3 is 0 Å². The maximum Gasteiger partial charge on any atom is 0.0483 e. The summed E-state index contributed by atoms with van der Waals surface area (Å²) in [6, 6.07) is 17.0. The van der Waals surface area contributed by atoms with Gasteiger partial charge in [-0.15, -0.1) is 12.4 Å². The third kappa shape index (κ3) is 3.29. The highest BCUT2D eigenvalue weighted by Gasteiger charge is 2.44. The van der Waals surface area contributed by atoms with Gasteiger partial charge < -0.3 is 9.80 Å². The van der Waals surface area contributed by atoms with Gasteiger partial charge in [-0.3, -0.25) is 0 Å². The lowest BCUT2D eigenvalue weighted by molar-refractivity contribution is 0.153. The minimum absolute atomic E-state index is 0. The molecule has 2 aromatic rings. The molecule has 0 bridgehead atoms. The van der Waals surface area contributed by atoms with Gasteiger partial charge in [0.05, 0.1) is 0 Å². The lowest BCUT2D eigenvalue weighted by Crippen LogP contribution is -2.46. The molecule has 2 nitrogen and oxygen atoms in total. The van der Waals surface area contributed by atoms with E-state index in [1.165, 1.54) is 82.3 Å². The molecule has 1 saturated carbocycles. The van der Waals surface area contributed by atoms with Crippen LogP contribution in [0, 0.1) is 5.92 Å². The number of nitrogens with zero attached hydrogens (tertiary/aromatic N) is 2. The number of benzene rings is 2. The van der Waals surface area contributed by atoms with E-state index in [0.29, 0.717) is 12.0 Å².